The van der Waals surface area contributed by atoms with Crippen LogP contribution in [0.1, 0.15) is 6.42 Å². The average molecular weight is 460 g/mol. The van der Waals surface area contributed by atoms with E-state index in [1.807, 2.05) is 35.2 Å². The Bertz CT molecular complexity index is 1450. The van der Waals surface area contributed by atoms with Crippen LogP contribution in [0.15, 0.2) is 61.6 Å². The standard InChI is InChI=1S/C25H19ClFN5O/c1-2-20(33)31-10-9-18-19(31)12-32(18)25-16-11-28-23(22(27)24(16)29-13-30-25)15-7-3-5-14-6-4-8-17(26)21(14)15/h2-8,11,13,18-19H,1,9-10,12H2/t18-,19-/m1/s1. The summed E-state index contributed by atoms with van der Waals surface area (Å²) in [5, 5.41) is 2.76. The molecule has 2 saturated heterocycles. The van der Waals surface area contributed by atoms with Gasteiger partial charge in [0.05, 0.1) is 17.5 Å². The number of hydrogen-bond acceptors (Lipinski definition) is 5. The van der Waals surface area contributed by atoms with Crippen LogP contribution in [0, 0.1) is 5.82 Å². The molecule has 33 heavy (non-hydrogen) atoms. The molecule has 6 nitrogen and oxygen atoms in total. The summed E-state index contributed by atoms with van der Waals surface area (Å²) in [7, 11) is 0. The molecule has 0 radical (unpaired) electrons. The topological polar surface area (TPSA) is 62.2 Å². The minimum atomic E-state index is -0.504. The molecule has 0 unspecified atom stereocenters. The Morgan fingerprint density at radius 3 is 2.79 bits per heavy atom. The zero-order valence-corrected chi connectivity index (χ0v) is 18.3. The summed E-state index contributed by atoms with van der Waals surface area (Å²) >= 11 is 6.46. The van der Waals surface area contributed by atoms with Crippen LogP contribution < -0.4 is 4.90 Å². The van der Waals surface area contributed by atoms with Crippen LogP contribution in [0.5, 0.6) is 0 Å². The van der Waals surface area contributed by atoms with Crippen molar-refractivity contribution in [2.45, 2.75) is 18.5 Å². The van der Waals surface area contributed by atoms with Crippen molar-refractivity contribution < 1.29 is 9.18 Å². The number of pyridine rings is 1. The van der Waals surface area contributed by atoms with Crippen LogP contribution in [0.3, 0.4) is 0 Å². The second kappa shape index (κ2) is 7.49. The number of likely N-dealkylation sites (tertiary alicyclic amines) is 1. The third kappa shape index (κ3) is 2.92. The highest BCUT2D eigenvalue weighted by molar-refractivity contribution is 6.36. The maximum absolute atomic E-state index is 15.8. The monoisotopic (exact) mass is 459 g/mol. The van der Waals surface area contributed by atoms with Gasteiger partial charge in [-0.05, 0) is 23.9 Å². The number of anilines is 1. The molecule has 0 bridgehead atoms. The van der Waals surface area contributed by atoms with Gasteiger partial charge in [-0.1, -0.05) is 48.5 Å². The first kappa shape index (κ1) is 20.1. The first-order valence-electron chi connectivity index (χ1n) is 10.7. The Labute approximate surface area is 194 Å². The predicted molar refractivity (Wildman–Crippen MR) is 127 cm³/mol. The molecule has 0 aliphatic carbocycles. The summed E-state index contributed by atoms with van der Waals surface area (Å²) in [5.74, 6) is 0.0828. The van der Waals surface area contributed by atoms with Crippen LogP contribution in [-0.2, 0) is 4.79 Å². The first-order chi connectivity index (χ1) is 16.1. The lowest BCUT2D eigenvalue weighted by Gasteiger charge is -2.47. The van der Waals surface area contributed by atoms with Gasteiger partial charge in [-0.25, -0.2) is 14.4 Å². The van der Waals surface area contributed by atoms with Crippen molar-refractivity contribution in [2.75, 3.05) is 18.0 Å². The van der Waals surface area contributed by atoms with E-state index in [0.29, 0.717) is 34.9 Å². The van der Waals surface area contributed by atoms with Gasteiger partial charge in [0, 0.05) is 35.3 Å². The number of halogens is 2. The van der Waals surface area contributed by atoms with Crippen LogP contribution in [-0.4, -0.2) is 50.9 Å². The van der Waals surface area contributed by atoms with Gasteiger partial charge in [0.15, 0.2) is 5.82 Å². The number of hydrogen-bond donors (Lipinski definition) is 0. The van der Waals surface area contributed by atoms with Crippen molar-refractivity contribution in [3.8, 4) is 11.3 Å². The molecule has 4 aromatic rings. The molecule has 0 N–H and O–H groups in total. The van der Waals surface area contributed by atoms with E-state index in [1.165, 1.54) is 12.4 Å². The van der Waals surface area contributed by atoms with Gasteiger partial charge >= 0.3 is 0 Å². The van der Waals surface area contributed by atoms with E-state index in [9.17, 15) is 4.79 Å². The lowest BCUT2D eigenvalue weighted by atomic mass is 9.96. The van der Waals surface area contributed by atoms with Gasteiger partial charge in [-0.15, -0.1) is 0 Å². The number of fused-ring (bicyclic) bond motifs is 3. The maximum Gasteiger partial charge on any atom is 0.246 e. The van der Waals surface area contributed by atoms with E-state index in [1.54, 1.807) is 12.3 Å². The largest absolute Gasteiger partial charge is 0.349 e. The molecule has 2 aromatic carbocycles. The van der Waals surface area contributed by atoms with Crippen molar-refractivity contribution in [3.05, 3.63) is 72.4 Å². The van der Waals surface area contributed by atoms with Gasteiger partial charge in [-0.3, -0.25) is 9.78 Å². The van der Waals surface area contributed by atoms with E-state index < -0.39 is 5.82 Å². The van der Waals surface area contributed by atoms with Crippen LogP contribution in [0.4, 0.5) is 10.2 Å². The Morgan fingerprint density at radius 1 is 1.15 bits per heavy atom. The highest BCUT2D eigenvalue weighted by Gasteiger charge is 2.49. The first-order valence-corrected chi connectivity index (χ1v) is 11.1. The Balaban J connectivity index is 1.43. The minimum absolute atomic E-state index is 0.0548. The van der Waals surface area contributed by atoms with E-state index in [4.69, 9.17) is 11.6 Å². The van der Waals surface area contributed by atoms with Gasteiger partial charge in [0.2, 0.25) is 5.91 Å². The highest BCUT2D eigenvalue weighted by atomic mass is 35.5. The highest BCUT2D eigenvalue weighted by Crippen LogP contribution is 2.40. The van der Waals surface area contributed by atoms with Crippen LogP contribution in [0.25, 0.3) is 32.9 Å². The molecule has 4 heterocycles. The summed E-state index contributed by atoms with van der Waals surface area (Å²) in [4.78, 5) is 29.2. The zero-order valence-electron chi connectivity index (χ0n) is 17.6. The quantitative estimate of drug-likeness (QED) is 0.418. The average Bonchev–Trinajstić information content (AvgIpc) is 3.15. The van der Waals surface area contributed by atoms with Gasteiger partial charge in [0.1, 0.15) is 23.4 Å². The molecule has 2 fully saturated rings. The molecule has 2 atom stereocenters. The molecule has 0 spiro atoms. The van der Waals surface area contributed by atoms with E-state index >= 15 is 4.39 Å². The summed E-state index contributed by atoms with van der Waals surface area (Å²) in [6, 6.07) is 11.5. The molecule has 2 aliphatic heterocycles. The fourth-order valence-corrected chi connectivity index (χ4v) is 5.43. The third-order valence-corrected chi connectivity index (χ3v) is 7.05. The number of carbonyl (C=O) groups excluding carboxylic acids is 1. The molecule has 164 valence electrons. The molecule has 8 heteroatoms. The minimum Gasteiger partial charge on any atom is -0.349 e. The number of aromatic nitrogens is 3. The van der Waals surface area contributed by atoms with Gasteiger partial charge < -0.3 is 9.80 Å². The van der Waals surface area contributed by atoms with Crippen molar-refractivity contribution in [1.29, 1.82) is 0 Å². The number of rotatable bonds is 3. The Kier molecular flexibility index (Phi) is 4.55. The summed E-state index contributed by atoms with van der Waals surface area (Å²) in [5.41, 5.74) is 1.04. The van der Waals surface area contributed by atoms with E-state index in [0.717, 1.165) is 17.2 Å². The molecule has 6 rings (SSSR count). The van der Waals surface area contributed by atoms with Crippen LogP contribution in [0.2, 0.25) is 5.02 Å². The molecular weight excluding hydrogens is 441 g/mol. The molecule has 2 aliphatic rings. The second-order valence-corrected chi connectivity index (χ2v) is 8.74. The van der Waals surface area contributed by atoms with Crippen LogP contribution >= 0.6 is 11.6 Å². The predicted octanol–water partition coefficient (Wildman–Crippen LogP) is 4.61. The van der Waals surface area contributed by atoms with E-state index in [2.05, 4.69) is 26.4 Å². The molecule has 0 saturated carbocycles. The van der Waals surface area contributed by atoms with Crippen molar-refractivity contribution in [3.63, 3.8) is 0 Å². The van der Waals surface area contributed by atoms with Gasteiger partial charge in [-0.2, -0.15) is 0 Å². The number of benzene rings is 2. The summed E-state index contributed by atoms with van der Waals surface area (Å²) < 4.78 is 15.8. The molecular formula is C25H19ClFN5O. The van der Waals surface area contributed by atoms with E-state index in [-0.39, 0.29) is 29.2 Å². The zero-order chi connectivity index (χ0) is 22.7. The third-order valence-electron chi connectivity index (χ3n) is 6.73. The Hall–Kier alpha value is -3.58. The number of amides is 1. The summed E-state index contributed by atoms with van der Waals surface area (Å²) in [6.07, 6.45) is 5.20. The fourth-order valence-electron chi connectivity index (χ4n) is 5.14. The SMILES string of the molecule is C=CC(=O)N1CC[C@@H]2[C@H]1CN2c1ncnc2c(F)c(-c3cccc4cccc(Cl)c34)ncc12. The normalized spacial score (nSPS) is 19.6. The molecule has 1 amide bonds. The second-order valence-electron chi connectivity index (χ2n) is 8.34. The Morgan fingerprint density at radius 2 is 1.97 bits per heavy atom. The maximum atomic E-state index is 15.8. The lowest BCUT2D eigenvalue weighted by Crippen LogP contribution is -2.63. The smallest absolute Gasteiger partial charge is 0.246 e. The van der Waals surface area contributed by atoms with Crippen molar-refractivity contribution in [2.24, 2.45) is 0 Å². The number of carbonyl (C=O) groups is 1. The van der Waals surface area contributed by atoms with Crippen molar-refractivity contribution in [1.82, 2.24) is 19.9 Å². The number of nitrogens with zero attached hydrogens (tertiary/aromatic N) is 5. The molecule has 2 aromatic heterocycles. The lowest BCUT2D eigenvalue weighted by molar-refractivity contribution is -0.127. The summed E-state index contributed by atoms with van der Waals surface area (Å²) in [6.45, 7) is 4.91. The van der Waals surface area contributed by atoms with Gasteiger partial charge in [0.25, 0.3) is 0 Å². The van der Waals surface area contributed by atoms with Crippen molar-refractivity contribution >= 4 is 45.0 Å². The fraction of sp³-hybridized carbons (Fsp3) is 0.200.